The highest BCUT2D eigenvalue weighted by Gasteiger charge is 2.12. The Kier molecular flexibility index (Phi) is 4.26. The third-order valence-electron chi connectivity index (χ3n) is 3.62. The van der Waals surface area contributed by atoms with Crippen molar-refractivity contribution in [3.63, 3.8) is 0 Å². The third kappa shape index (κ3) is 3.75. The first-order chi connectivity index (χ1) is 12.2. The minimum absolute atomic E-state index is 0.136. The molecule has 0 aliphatic rings. The summed E-state index contributed by atoms with van der Waals surface area (Å²) in [7, 11) is 0. The molecule has 2 aromatic heterocycles. The molecule has 3 rings (SSSR count). The van der Waals surface area contributed by atoms with Gasteiger partial charge in [0.1, 0.15) is 5.82 Å². The molecule has 0 aliphatic carbocycles. The number of urea groups is 1. The summed E-state index contributed by atoms with van der Waals surface area (Å²) >= 11 is 0. The van der Waals surface area contributed by atoms with Crippen molar-refractivity contribution in [3.8, 4) is 23.0 Å². The number of aromatic nitrogens is 3. The number of hydrogen-bond donors (Lipinski definition) is 4. The number of carbonyl (C=O) groups is 1. The van der Waals surface area contributed by atoms with Crippen LogP contribution in [-0.4, -0.2) is 21.2 Å². The molecule has 0 saturated heterocycles. The molecule has 0 atom stereocenters. The number of fused-ring (bicyclic) bond motifs is 1. The maximum atomic E-state index is 11.1. The molecule has 26 heavy (non-hydrogen) atoms. The van der Waals surface area contributed by atoms with Crippen molar-refractivity contribution >= 4 is 28.6 Å². The van der Waals surface area contributed by atoms with Crippen molar-refractivity contribution in [3.05, 3.63) is 36.0 Å². The monoisotopic (exact) mass is 348 g/mol. The SMILES string of the molecule is CC(C)(C)C#Cc1cc(-c2ccnc(NC(N)=O)c2)cc2c(N)n[nH]c12. The average molecular weight is 348 g/mol. The fourth-order valence-electron chi connectivity index (χ4n) is 2.47. The molecule has 132 valence electrons. The molecule has 0 bridgehead atoms. The maximum Gasteiger partial charge on any atom is 0.317 e. The van der Waals surface area contributed by atoms with Gasteiger partial charge in [0.05, 0.1) is 11.1 Å². The van der Waals surface area contributed by atoms with Crippen LogP contribution >= 0.6 is 0 Å². The van der Waals surface area contributed by atoms with Crippen LogP contribution in [0.5, 0.6) is 0 Å². The van der Waals surface area contributed by atoms with E-state index in [-0.39, 0.29) is 5.41 Å². The molecule has 7 nitrogen and oxygen atoms in total. The first-order valence-electron chi connectivity index (χ1n) is 8.06. The van der Waals surface area contributed by atoms with Crippen LogP contribution in [0.15, 0.2) is 30.5 Å². The normalized spacial score (nSPS) is 11.0. The van der Waals surface area contributed by atoms with Gasteiger partial charge in [-0.25, -0.2) is 9.78 Å². The molecule has 2 amide bonds. The fraction of sp³-hybridized carbons (Fsp3) is 0.211. The number of H-pyrrole nitrogens is 1. The van der Waals surface area contributed by atoms with Crippen LogP contribution in [0.1, 0.15) is 26.3 Å². The van der Waals surface area contributed by atoms with E-state index in [9.17, 15) is 4.79 Å². The Hall–Kier alpha value is -3.53. The molecule has 6 N–H and O–H groups in total. The number of anilines is 2. The number of nitrogens with two attached hydrogens (primary N) is 2. The maximum absolute atomic E-state index is 11.1. The number of hydrogen-bond acceptors (Lipinski definition) is 4. The van der Waals surface area contributed by atoms with Gasteiger partial charge in [-0.1, -0.05) is 11.8 Å². The van der Waals surface area contributed by atoms with E-state index in [1.165, 1.54) is 0 Å². The number of nitrogens with one attached hydrogen (secondary N) is 2. The van der Waals surface area contributed by atoms with Gasteiger partial charge in [0, 0.05) is 17.0 Å². The van der Waals surface area contributed by atoms with Crippen molar-refractivity contribution in [1.29, 1.82) is 0 Å². The number of nitrogens with zero attached hydrogens (tertiary/aromatic N) is 2. The second-order valence-electron chi connectivity index (χ2n) is 6.97. The van der Waals surface area contributed by atoms with Crippen molar-refractivity contribution in [2.24, 2.45) is 11.1 Å². The van der Waals surface area contributed by atoms with Crippen molar-refractivity contribution in [1.82, 2.24) is 15.2 Å². The number of nitrogen functional groups attached to an aromatic ring is 1. The molecule has 0 spiro atoms. The number of benzene rings is 1. The fourth-order valence-corrected chi connectivity index (χ4v) is 2.47. The summed E-state index contributed by atoms with van der Waals surface area (Å²) in [6.45, 7) is 6.15. The van der Waals surface area contributed by atoms with Gasteiger partial charge < -0.3 is 11.5 Å². The van der Waals surface area contributed by atoms with E-state index in [1.807, 2.05) is 39.0 Å². The summed E-state index contributed by atoms with van der Waals surface area (Å²) in [6.07, 6.45) is 1.60. The Morgan fingerprint density at radius 3 is 2.69 bits per heavy atom. The van der Waals surface area contributed by atoms with E-state index in [1.54, 1.807) is 12.3 Å². The van der Waals surface area contributed by atoms with E-state index in [4.69, 9.17) is 11.5 Å². The molecule has 2 heterocycles. The standard InChI is InChI=1S/C19H20N6O/c1-19(2,3)6-4-12-8-13(9-14-16(12)24-25-17(14)20)11-5-7-22-15(10-11)23-18(21)26/h5,7-10H,1-3H3,(H3,20,24,25)(H3,21,22,23,26). The Balaban J connectivity index is 2.16. The summed E-state index contributed by atoms with van der Waals surface area (Å²) < 4.78 is 0. The van der Waals surface area contributed by atoms with Crippen molar-refractivity contribution < 1.29 is 4.79 Å². The van der Waals surface area contributed by atoms with E-state index in [0.717, 1.165) is 27.6 Å². The Bertz CT molecular complexity index is 1050. The molecule has 0 saturated carbocycles. The molecule has 0 radical (unpaired) electrons. The Morgan fingerprint density at radius 2 is 2.00 bits per heavy atom. The Morgan fingerprint density at radius 1 is 1.23 bits per heavy atom. The number of carbonyl (C=O) groups excluding carboxylic acids is 1. The average Bonchev–Trinajstić information content (AvgIpc) is 2.93. The number of amides is 2. The lowest BCUT2D eigenvalue weighted by Crippen LogP contribution is -2.19. The van der Waals surface area contributed by atoms with E-state index < -0.39 is 6.03 Å². The highest BCUT2D eigenvalue weighted by atomic mass is 16.2. The highest BCUT2D eigenvalue weighted by Crippen LogP contribution is 2.30. The molecule has 0 fully saturated rings. The quantitative estimate of drug-likeness (QED) is 0.531. The predicted octanol–water partition coefficient (Wildman–Crippen LogP) is 3.10. The number of aromatic amines is 1. The summed E-state index contributed by atoms with van der Waals surface area (Å²) in [5.41, 5.74) is 14.4. The van der Waals surface area contributed by atoms with Gasteiger partial charge in [-0.05, 0) is 56.2 Å². The van der Waals surface area contributed by atoms with Gasteiger partial charge in [-0.15, -0.1) is 0 Å². The second-order valence-corrected chi connectivity index (χ2v) is 6.97. The molecular formula is C19H20N6O. The van der Waals surface area contributed by atoms with Gasteiger partial charge in [0.15, 0.2) is 5.82 Å². The number of rotatable bonds is 2. The first kappa shape index (κ1) is 17.3. The third-order valence-corrected chi connectivity index (χ3v) is 3.62. The Labute approximate surface area is 151 Å². The topological polar surface area (TPSA) is 123 Å². The molecule has 1 aromatic carbocycles. The molecule has 3 aromatic rings. The van der Waals surface area contributed by atoms with Crippen LogP contribution in [0, 0.1) is 17.3 Å². The zero-order valence-corrected chi connectivity index (χ0v) is 14.8. The van der Waals surface area contributed by atoms with Crippen LogP contribution in [0.4, 0.5) is 16.4 Å². The highest BCUT2D eigenvalue weighted by molar-refractivity contribution is 5.96. The summed E-state index contributed by atoms with van der Waals surface area (Å²) in [5.74, 6) is 7.23. The van der Waals surface area contributed by atoms with Crippen molar-refractivity contribution in [2.45, 2.75) is 20.8 Å². The lowest BCUT2D eigenvalue weighted by Gasteiger charge is -2.09. The summed E-state index contributed by atoms with van der Waals surface area (Å²) in [5, 5.41) is 10.3. The van der Waals surface area contributed by atoms with Crippen LogP contribution in [0.3, 0.4) is 0 Å². The second kappa shape index (κ2) is 6.41. The zero-order chi connectivity index (χ0) is 18.9. The van der Waals surface area contributed by atoms with Gasteiger partial charge in [-0.3, -0.25) is 10.4 Å². The van der Waals surface area contributed by atoms with Gasteiger partial charge in [-0.2, -0.15) is 5.10 Å². The first-order valence-corrected chi connectivity index (χ1v) is 8.06. The minimum Gasteiger partial charge on any atom is -0.382 e. The number of primary amides is 1. The van der Waals surface area contributed by atoms with Crippen LogP contribution in [0.25, 0.3) is 22.0 Å². The van der Waals surface area contributed by atoms with E-state index in [0.29, 0.717) is 11.6 Å². The van der Waals surface area contributed by atoms with Crippen LogP contribution < -0.4 is 16.8 Å². The minimum atomic E-state index is -0.666. The van der Waals surface area contributed by atoms with E-state index in [2.05, 4.69) is 32.3 Å². The lowest BCUT2D eigenvalue weighted by molar-refractivity contribution is 0.259. The molecule has 0 unspecified atom stereocenters. The van der Waals surface area contributed by atoms with Crippen LogP contribution in [0.2, 0.25) is 0 Å². The summed E-state index contributed by atoms with van der Waals surface area (Å²) in [6, 6.07) is 6.80. The zero-order valence-electron chi connectivity index (χ0n) is 14.8. The predicted molar refractivity (Wildman–Crippen MR) is 103 cm³/mol. The van der Waals surface area contributed by atoms with Gasteiger partial charge in [0.25, 0.3) is 0 Å². The number of pyridine rings is 1. The van der Waals surface area contributed by atoms with Gasteiger partial charge >= 0.3 is 6.03 Å². The largest absolute Gasteiger partial charge is 0.382 e. The van der Waals surface area contributed by atoms with Crippen molar-refractivity contribution in [2.75, 3.05) is 11.1 Å². The molecular weight excluding hydrogens is 328 g/mol. The lowest BCUT2D eigenvalue weighted by atomic mass is 9.96. The summed E-state index contributed by atoms with van der Waals surface area (Å²) in [4.78, 5) is 15.1. The smallest absolute Gasteiger partial charge is 0.317 e. The van der Waals surface area contributed by atoms with Crippen LogP contribution in [-0.2, 0) is 0 Å². The van der Waals surface area contributed by atoms with Gasteiger partial charge in [0.2, 0.25) is 0 Å². The van der Waals surface area contributed by atoms with E-state index >= 15 is 0 Å². The molecule has 0 aliphatic heterocycles. The molecule has 7 heteroatoms.